The van der Waals surface area contributed by atoms with Gasteiger partial charge in [0.1, 0.15) is 0 Å². The van der Waals surface area contributed by atoms with E-state index in [4.69, 9.17) is 0 Å². The van der Waals surface area contributed by atoms with Crippen molar-refractivity contribution < 1.29 is 4.79 Å². The van der Waals surface area contributed by atoms with Crippen LogP contribution in [0.2, 0.25) is 0 Å². The molecule has 0 fully saturated rings. The first-order chi connectivity index (χ1) is 8.13. The van der Waals surface area contributed by atoms with Crippen LogP contribution in [0.4, 0.5) is 0 Å². The average molecular weight is 249 g/mol. The highest BCUT2D eigenvalue weighted by molar-refractivity contribution is 7.81. The lowest BCUT2D eigenvalue weighted by atomic mass is 10.1. The summed E-state index contributed by atoms with van der Waals surface area (Å²) in [7, 11) is 0. The van der Waals surface area contributed by atoms with E-state index < -0.39 is 0 Å². The fourth-order valence-electron chi connectivity index (χ4n) is 1.58. The van der Waals surface area contributed by atoms with E-state index in [9.17, 15) is 4.79 Å². The van der Waals surface area contributed by atoms with Crippen molar-refractivity contribution in [2.45, 2.75) is 31.1 Å². The van der Waals surface area contributed by atoms with Gasteiger partial charge in [-0.15, -0.1) is 6.58 Å². The van der Waals surface area contributed by atoms with Gasteiger partial charge in [0.2, 0.25) is 5.91 Å². The molecule has 0 heterocycles. The van der Waals surface area contributed by atoms with Gasteiger partial charge in [0.15, 0.2) is 0 Å². The second-order valence-electron chi connectivity index (χ2n) is 4.14. The van der Waals surface area contributed by atoms with E-state index in [2.05, 4.69) is 24.5 Å². The molecule has 0 aliphatic carbocycles. The Labute approximate surface area is 109 Å². The molecule has 0 spiro atoms. The standard InChI is InChI=1S/C14H19NOS/c1-3-7-11(2)15-14(16)13(17)10-12-8-5-4-6-9-12/h3-6,8-9,11,13,17H,1,7,10H2,2H3,(H,15,16). The molecule has 2 atom stereocenters. The number of nitrogens with one attached hydrogen (secondary N) is 1. The number of rotatable bonds is 6. The molecule has 92 valence electrons. The molecule has 1 amide bonds. The molecule has 1 N–H and O–H groups in total. The minimum Gasteiger partial charge on any atom is -0.352 e. The second kappa shape index (κ2) is 7.17. The van der Waals surface area contributed by atoms with Gasteiger partial charge in [-0.25, -0.2) is 0 Å². The largest absolute Gasteiger partial charge is 0.352 e. The van der Waals surface area contributed by atoms with Gasteiger partial charge in [0.25, 0.3) is 0 Å². The molecule has 0 aliphatic heterocycles. The number of carbonyl (C=O) groups is 1. The number of benzene rings is 1. The van der Waals surface area contributed by atoms with Crippen molar-refractivity contribution >= 4 is 18.5 Å². The van der Waals surface area contributed by atoms with E-state index in [0.717, 1.165) is 12.0 Å². The van der Waals surface area contributed by atoms with Gasteiger partial charge in [0.05, 0.1) is 5.25 Å². The Morgan fingerprint density at radius 2 is 2.12 bits per heavy atom. The zero-order chi connectivity index (χ0) is 12.7. The van der Waals surface area contributed by atoms with Gasteiger partial charge in [-0.2, -0.15) is 12.6 Å². The van der Waals surface area contributed by atoms with Crippen molar-refractivity contribution in [2.75, 3.05) is 0 Å². The topological polar surface area (TPSA) is 29.1 Å². The molecule has 17 heavy (non-hydrogen) atoms. The molecule has 0 aromatic heterocycles. The molecule has 0 aliphatic rings. The summed E-state index contributed by atoms with van der Waals surface area (Å²) >= 11 is 4.34. The quantitative estimate of drug-likeness (QED) is 0.589. The molecule has 1 rings (SSSR count). The van der Waals surface area contributed by atoms with E-state index in [1.165, 1.54) is 0 Å². The van der Waals surface area contributed by atoms with E-state index in [1.54, 1.807) is 6.08 Å². The summed E-state index contributed by atoms with van der Waals surface area (Å²) in [6.45, 7) is 5.61. The first-order valence-corrected chi connectivity index (χ1v) is 6.28. The van der Waals surface area contributed by atoms with E-state index in [-0.39, 0.29) is 17.2 Å². The molecule has 2 nitrogen and oxygen atoms in total. The lowest BCUT2D eigenvalue weighted by Gasteiger charge is -2.15. The van der Waals surface area contributed by atoms with Crippen molar-refractivity contribution in [3.05, 3.63) is 48.6 Å². The van der Waals surface area contributed by atoms with Crippen molar-refractivity contribution in [3.63, 3.8) is 0 Å². The van der Waals surface area contributed by atoms with Crippen LogP contribution in [-0.2, 0) is 11.2 Å². The van der Waals surface area contributed by atoms with Crippen LogP contribution >= 0.6 is 12.6 Å². The maximum Gasteiger partial charge on any atom is 0.233 e. The SMILES string of the molecule is C=CCC(C)NC(=O)C(S)Cc1ccccc1. The predicted molar refractivity (Wildman–Crippen MR) is 75.3 cm³/mol. The molecule has 0 saturated carbocycles. The smallest absolute Gasteiger partial charge is 0.233 e. The van der Waals surface area contributed by atoms with Crippen LogP contribution in [0.5, 0.6) is 0 Å². The highest BCUT2D eigenvalue weighted by Gasteiger charge is 2.15. The monoisotopic (exact) mass is 249 g/mol. The summed E-state index contributed by atoms with van der Waals surface area (Å²) in [5.41, 5.74) is 1.12. The molecular formula is C14H19NOS. The molecular weight excluding hydrogens is 230 g/mol. The Morgan fingerprint density at radius 3 is 2.71 bits per heavy atom. The normalized spacial score (nSPS) is 13.8. The number of carbonyl (C=O) groups excluding carboxylic acids is 1. The highest BCUT2D eigenvalue weighted by Crippen LogP contribution is 2.08. The molecule has 2 unspecified atom stereocenters. The average Bonchev–Trinajstić information content (AvgIpc) is 2.30. The summed E-state index contributed by atoms with van der Waals surface area (Å²) in [5, 5.41) is 2.61. The maximum absolute atomic E-state index is 11.8. The van der Waals surface area contributed by atoms with Gasteiger partial charge in [-0.3, -0.25) is 4.79 Å². The van der Waals surface area contributed by atoms with Crippen LogP contribution in [0.25, 0.3) is 0 Å². The predicted octanol–water partition coefficient (Wildman–Crippen LogP) is 2.61. The third kappa shape index (κ3) is 5.09. The first-order valence-electron chi connectivity index (χ1n) is 5.76. The van der Waals surface area contributed by atoms with Crippen molar-refractivity contribution in [1.29, 1.82) is 0 Å². The Bertz CT molecular complexity index is 364. The Morgan fingerprint density at radius 1 is 1.47 bits per heavy atom. The number of amides is 1. The molecule has 1 aromatic rings. The van der Waals surface area contributed by atoms with Crippen molar-refractivity contribution in [2.24, 2.45) is 0 Å². The summed E-state index contributed by atoms with van der Waals surface area (Å²) < 4.78 is 0. The van der Waals surface area contributed by atoms with Gasteiger partial charge < -0.3 is 5.32 Å². The number of thiol groups is 1. The van der Waals surface area contributed by atoms with E-state index in [1.807, 2.05) is 37.3 Å². The summed E-state index contributed by atoms with van der Waals surface area (Å²) in [5.74, 6) is -0.0217. The minimum absolute atomic E-state index is 0.0217. The Balaban J connectivity index is 2.44. The first kappa shape index (κ1) is 13.8. The number of hydrogen-bond donors (Lipinski definition) is 2. The van der Waals surface area contributed by atoms with E-state index in [0.29, 0.717) is 6.42 Å². The van der Waals surface area contributed by atoms with Gasteiger partial charge in [-0.1, -0.05) is 36.4 Å². The van der Waals surface area contributed by atoms with Crippen LogP contribution < -0.4 is 5.32 Å². The molecule has 0 saturated heterocycles. The lowest BCUT2D eigenvalue weighted by Crippen LogP contribution is -2.38. The molecule has 3 heteroatoms. The zero-order valence-electron chi connectivity index (χ0n) is 10.1. The molecule has 1 aromatic carbocycles. The van der Waals surface area contributed by atoms with Crippen LogP contribution in [-0.4, -0.2) is 17.2 Å². The fourth-order valence-corrected chi connectivity index (χ4v) is 1.86. The number of hydrogen-bond acceptors (Lipinski definition) is 2. The van der Waals surface area contributed by atoms with Crippen molar-refractivity contribution in [1.82, 2.24) is 5.32 Å². The maximum atomic E-state index is 11.8. The Hall–Kier alpha value is -1.22. The third-order valence-electron chi connectivity index (χ3n) is 2.48. The zero-order valence-corrected chi connectivity index (χ0v) is 11.0. The van der Waals surface area contributed by atoms with Crippen LogP contribution in [0.15, 0.2) is 43.0 Å². The van der Waals surface area contributed by atoms with Gasteiger partial charge in [-0.05, 0) is 25.3 Å². The minimum atomic E-state index is -0.301. The van der Waals surface area contributed by atoms with Gasteiger partial charge >= 0.3 is 0 Å². The van der Waals surface area contributed by atoms with Crippen molar-refractivity contribution in [3.8, 4) is 0 Å². The second-order valence-corrected chi connectivity index (χ2v) is 4.76. The molecule has 0 radical (unpaired) electrons. The third-order valence-corrected chi connectivity index (χ3v) is 2.90. The summed E-state index contributed by atoms with van der Waals surface area (Å²) in [6.07, 6.45) is 3.23. The lowest BCUT2D eigenvalue weighted by molar-refractivity contribution is -0.121. The van der Waals surface area contributed by atoms with E-state index >= 15 is 0 Å². The van der Waals surface area contributed by atoms with Crippen LogP contribution in [0, 0.1) is 0 Å². The molecule has 0 bridgehead atoms. The highest BCUT2D eigenvalue weighted by atomic mass is 32.1. The van der Waals surface area contributed by atoms with Gasteiger partial charge in [0, 0.05) is 6.04 Å². The summed E-state index contributed by atoms with van der Waals surface area (Å²) in [4.78, 5) is 11.8. The Kier molecular flexibility index (Phi) is 5.84. The van der Waals surface area contributed by atoms with Crippen LogP contribution in [0.1, 0.15) is 18.9 Å². The van der Waals surface area contributed by atoms with Crippen LogP contribution in [0.3, 0.4) is 0 Å². The summed E-state index contributed by atoms with van der Waals surface area (Å²) in [6, 6.07) is 10.0. The fraction of sp³-hybridized carbons (Fsp3) is 0.357.